The van der Waals surface area contributed by atoms with Crippen LogP contribution in [0.4, 0.5) is 5.69 Å². The number of sulfonamides is 1. The largest absolute Gasteiger partial charge is 0.490 e. The smallest absolute Gasteiger partial charge is 0.262 e. The molecule has 0 saturated carbocycles. The number of hydrogen-bond donors (Lipinski definition) is 1. The van der Waals surface area contributed by atoms with Gasteiger partial charge in [0.25, 0.3) is 10.0 Å². The number of nitrogens with one attached hydrogen (secondary N) is 1. The highest BCUT2D eigenvalue weighted by atomic mass is 32.2. The van der Waals surface area contributed by atoms with Crippen LogP contribution < -0.4 is 18.9 Å². The van der Waals surface area contributed by atoms with E-state index >= 15 is 0 Å². The van der Waals surface area contributed by atoms with Gasteiger partial charge in [0, 0.05) is 36.6 Å². The van der Waals surface area contributed by atoms with E-state index in [1.807, 2.05) is 29.1 Å². The summed E-state index contributed by atoms with van der Waals surface area (Å²) in [7, 11) is -3.82. The first kappa shape index (κ1) is 21.8. The molecule has 0 fully saturated rings. The van der Waals surface area contributed by atoms with Gasteiger partial charge in [0.2, 0.25) is 5.88 Å². The molecule has 0 radical (unpaired) electrons. The van der Waals surface area contributed by atoms with Crippen LogP contribution >= 0.6 is 0 Å². The summed E-state index contributed by atoms with van der Waals surface area (Å²) >= 11 is 0. The van der Waals surface area contributed by atoms with Crippen molar-refractivity contribution in [3.63, 3.8) is 0 Å². The Morgan fingerprint density at radius 3 is 2.44 bits per heavy atom. The van der Waals surface area contributed by atoms with Gasteiger partial charge in [0.05, 0.1) is 18.1 Å². The maximum absolute atomic E-state index is 12.9. The molecule has 174 valence electrons. The molecule has 9 nitrogen and oxygen atoms in total. The lowest BCUT2D eigenvalue weighted by molar-refractivity contribution is 0.297. The van der Waals surface area contributed by atoms with E-state index < -0.39 is 10.0 Å². The van der Waals surface area contributed by atoms with Crippen LogP contribution in [0.3, 0.4) is 0 Å². The topological polar surface area (TPSA) is 105 Å². The summed E-state index contributed by atoms with van der Waals surface area (Å²) in [6, 6.07) is 16.7. The average Bonchev–Trinajstić information content (AvgIpc) is 3.25. The maximum Gasteiger partial charge on any atom is 0.262 e. The number of fused-ring (bicyclic) bond motifs is 1. The number of rotatable bonds is 6. The van der Waals surface area contributed by atoms with E-state index in [4.69, 9.17) is 14.2 Å². The zero-order valence-corrected chi connectivity index (χ0v) is 19.2. The van der Waals surface area contributed by atoms with Gasteiger partial charge in [0.15, 0.2) is 11.5 Å². The molecule has 0 amide bonds. The predicted molar refractivity (Wildman–Crippen MR) is 125 cm³/mol. The van der Waals surface area contributed by atoms with Gasteiger partial charge in [-0.1, -0.05) is 0 Å². The molecule has 5 rings (SSSR count). The summed E-state index contributed by atoms with van der Waals surface area (Å²) in [6.07, 6.45) is 4.51. The lowest BCUT2D eigenvalue weighted by Gasteiger charge is -2.12. The van der Waals surface area contributed by atoms with Crippen molar-refractivity contribution in [1.82, 2.24) is 14.5 Å². The third-order valence-corrected chi connectivity index (χ3v) is 6.41. The van der Waals surface area contributed by atoms with Gasteiger partial charge >= 0.3 is 0 Å². The van der Waals surface area contributed by atoms with E-state index in [2.05, 4.69) is 14.7 Å². The first-order chi connectivity index (χ1) is 16.5. The average molecular weight is 479 g/mol. The van der Waals surface area contributed by atoms with Crippen LogP contribution in [0.1, 0.15) is 12.2 Å². The summed E-state index contributed by atoms with van der Waals surface area (Å²) in [6.45, 7) is 2.80. The highest BCUT2D eigenvalue weighted by Gasteiger charge is 2.19. The number of aryl methyl sites for hydroxylation is 1. The second-order valence-electron chi connectivity index (χ2n) is 7.59. The monoisotopic (exact) mass is 478 g/mol. The number of benzene rings is 2. The number of ether oxygens (including phenoxy) is 3. The van der Waals surface area contributed by atoms with Gasteiger partial charge in [-0.05, 0) is 55.5 Å². The van der Waals surface area contributed by atoms with Crippen LogP contribution in [-0.2, 0) is 10.0 Å². The molecule has 0 saturated heterocycles. The fourth-order valence-electron chi connectivity index (χ4n) is 3.43. The van der Waals surface area contributed by atoms with Crippen molar-refractivity contribution in [1.29, 1.82) is 0 Å². The SMILES string of the molecule is Cc1nc(Oc2ccc(NS(=O)(=O)c3ccc4c(c3)OCCCO4)cc2)cc(-n2cccc2)n1. The zero-order chi connectivity index (χ0) is 23.5. The van der Waals surface area contributed by atoms with Crippen LogP contribution in [0, 0.1) is 6.92 Å². The van der Waals surface area contributed by atoms with E-state index in [9.17, 15) is 8.42 Å². The molecule has 0 aliphatic carbocycles. The quantitative estimate of drug-likeness (QED) is 0.440. The summed E-state index contributed by atoms with van der Waals surface area (Å²) in [4.78, 5) is 8.82. The normalized spacial score (nSPS) is 13.2. The fraction of sp³-hybridized carbons (Fsp3) is 0.167. The van der Waals surface area contributed by atoms with Crippen molar-refractivity contribution >= 4 is 15.7 Å². The first-order valence-electron chi connectivity index (χ1n) is 10.7. The Labute approximate surface area is 197 Å². The van der Waals surface area contributed by atoms with E-state index in [0.717, 1.165) is 6.42 Å². The van der Waals surface area contributed by atoms with Gasteiger partial charge in [0.1, 0.15) is 17.4 Å². The Kier molecular flexibility index (Phi) is 5.81. The molecular weight excluding hydrogens is 456 g/mol. The molecule has 0 unspecified atom stereocenters. The summed E-state index contributed by atoms with van der Waals surface area (Å²) in [5.74, 6) is 3.11. The molecule has 4 aromatic rings. The van der Waals surface area contributed by atoms with Crippen LogP contribution in [0.2, 0.25) is 0 Å². The minimum absolute atomic E-state index is 0.0890. The molecule has 0 atom stereocenters. The van der Waals surface area contributed by atoms with Crippen LogP contribution in [-0.4, -0.2) is 36.2 Å². The molecule has 34 heavy (non-hydrogen) atoms. The van der Waals surface area contributed by atoms with Crippen LogP contribution in [0.5, 0.6) is 23.1 Å². The van der Waals surface area contributed by atoms with Crippen molar-refractivity contribution in [3.8, 4) is 28.9 Å². The summed E-state index contributed by atoms with van der Waals surface area (Å²) in [5, 5.41) is 0. The Hall–Kier alpha value is -4.05. The second kappa shape index (κ2) is 9.06. The molecule has 2 aromatic heterocycles. The zero-order valence-electron chi connectivity index (χ0n) is 18.3. The Bertz CT molecular complexity index is 1400. The van der Waals surface area contributed by atoms with E-state index in [-0.39, 0.29) is 4.90 Å². The Morgan fingerprint density at radius 1 is 0.941 bits per heavy atom. The molecule has 1 N–H and O–H groups in total. The number of aromatic nitrogens is 3. The minimum Gasteiger partial charge on any atom is -0.490 e. The summed E-state index contributed by atoms with van der Waals surface area (Å²) < 4.78 is 47.2. The number of nitrogens with zero attached hydrogens (tertiary/aromatic N) is 3. The number of hydrogen-bond acceptors (Lipinski definition) is 7. The van der Waals surface area contributed by atoms with Gasteiger partial charge in [-0.3, -0.25) is 4.72 Å². The molecule has 3 heterocycles. The second-order valence-corrected chi connectivity index (χ2v) is 9.28. The first-order valence-corrected chi connectivity index (χ1v) is 12.1. The van der Waals surface area contributed by atoms with Crippen molar-refractivity contribution < 1.29 is 22.6 Å². The van der Waals surface area contributed by atoms with Crippen LogP contribution in [0.25, 0.3) is 5.82 Å². The Balaban J connectivity index is 1.31. The minimum atomic E-state index is -3.82. The molecule has 1 aliphatic heterocycles. The van der Waals surface area contributed by atoms with Gasteiger partial charge in [-0.15, -0.1) is 0 Å². The predicted octanol–water partition coefficient (Wildman–Crippen LogP) is 4.33. The highest BCUT2D eigenvalue weighted by Crippen LogP contribution is 2.32. The van der Waals surface area contributed by atoms with Gasteiger partial charge in [-0.2, -0.15) is 4.98 Å². The third-order valence-electron chi connectivity index (χ3n) is 5.03. The van der Waals surface area contributed by atoms with Crippen molar-refractivity contribution in [3.05, 3.63) is 78.9 Å². The lowest BCUT2D eigenvalue weighted by atomic mass is 10.3. The van der Waals surface area contributed by atoms with Gasteiger partial charge < -0.3 is 18.8 Å². The van der Waals surface area contributed by atoms with Crippen molar-refractivity contribution in [2.45, 2.75) is 18.2 Å². The summed E-state index contributed by atoms with van der Waals surface area (Å²) in [5.41, 5.74) is 0.395. The lowest BCUT2D eigenvalue weighted by Crippen LogP contribution is -2.13. The van der Waals surface area contributed by atoms with Crippen LogP contribution in [0.15, 0.2) is 78.0 Å². The standard InChI is InChI=1S/C24H22N4O5S/c1-17-25-23(28-11-2-3-12-28)16-24(26-17)33-19-7-5-18(6-8-19)27-34(29,30)20-9-10-21-22(15-20)32-14-4-13-31-21/h2-3,5-12,15-16,27H,4,13-14H2,1H3. The molecule has 0 bridgehead atoms. The van der Waals surface area contributed by atoms with Crippen molar-refractivity contribution in [2.24, 2.45) is 0 Å². The molecule has 0 spiro atoms. The van der Waals surface area contributed by atoms with E-state index in [1.165, 1.54) is 12.1 Å². The van der Waals surface area contributed by atoms with E-state index in [0.29, 0.717) is 53.7 Å². The third kappa shape index (κ3) is 4.81. The molecule has 10 heteroatoms. The Morgan fingerprint density at radius 2 is 1.68 bits per heavy atom. The fourth-order valence-corrected chi connectivity index (χ4v) is 4.51. The maximum atomic E-state index is 12.9. The molecule has 2 aromatic carbocycles. The molecule has 1 aliphatic rings. The molecular formula is C24H22N4O5S. The van der Waals surface area contributed by atoms with Crippen molar-refractivity contribution in [2.75, 3.05) is 17.9 Å². The van der Waals surface area contributed by atoms with Gasteiger partial charge in [-0.25, -0.2) is 13.4 Å². The van der Waals surface area contributed by atoms with E-state index in [1.54, 1.807) is 43.3 Å². The number of anilines is 1. The highest BCUT2D eigenvalue weighted by molar-refractivity contribution is 7.92.